The minimum absolute atomic E-state index is 0.356. The van der Waals surface area contributed by atoms with Crippen molar-refractivity contribution in [3.05, 3.63) is 20.8 Å². The van der Waals surface area contributed by atoms with E-state index in [1.54, 1.807) is 11.3 Å². The van der Waals surface area contributed by atoms with Crippen LogP contribution in [0.15, 0.2) is 15.9 Å². The van der Waals surface area contributed by atoms with Crippen LogP contribution in [0.2, 0.25) is 0 Å². The Bertz CT molecular complexity index is 391. The van der Waals surface area contributed by atoms with Crippen molar-refractivity contribution < 1.29 is 9.84 Å². The largest absolute Gasteiger partial charge is 0.389 e. The Kier molecular flexibility index (Phi) is 6.97. The van der Waals surface area contributed by atoms with Crippen LogP contribution in [-0.2, 0) is 11.3 Å². The number of nitrogens with one attached hydrogen (secondary N) is 1. The zero-order valence-corrected chi connectivity index (χ0v) is 14.4. The predicted octanol–water partition coefficient (Wildman–Crippen LogP) is 3.56. The van der Waals surface area contributed by atoms with Gasteiger partial charge in [0.1, 0.15) is 0 Å². The quantitative estimate of drug-likeness (QED) is 0.779. The SMILES string of the molecule is CC1CCC(OCC(O)CNCc2cc(Br)cs2)CC1. The van der Waals surface area contributed by atoms with E-state index in [0.717, 1.165) is 29.8 Å². The van der Waals surface area contributed by atoms with Crippen molar-refractivity contribution >= 4 is 27.3 Å². The van der Waals surface area contributed by atoms with Gasteiger partial charge in [-0.3, -0.25) is 0 Å². The van der Waals surface area contributed by atoms with Crippen LogP contribution in [0.3, 0.4) is 0 Å². The van der Waals surface area contributed by atoms with Crippen molar-refractivity contribution in [3.63, 3.8) is 0 Å². The van der Waals surface area contributed by atoms with E-state index in [9.17, 15) is 5.11 Å². The number of hydrogen-bond acceptors (Lipinski definition) is 4. The molecule has 1 aromatic rings. The fourth-order valence-electron chi connectivity index (χ4n) is 2.51. The van der Waals surface area contributed by atoms with Crippen LogP contribution in [0.25, 0.3) is 0 Å². The summed E-state index contributed by atoms with van der Waals surface area (Å²) < 4.78 is 6.93. The maximum absolute atomic E-state index is 9.92. The van der Waals surface area contributed by atoms with Gasteiger partial charge in [0.2, 0.25) is 0 Å². The molecule has 0 bridgehead atoms. The molecule has 2 rings (SSSR count). The van der Waals surface area contributed by atoms with Gasteiger partial charge in [-0.2, -0.15) is 0 Å². The van der Waals surface area contributed by atoms with E-state index in [2.05, 4.69) is 39.6 Å². The van der Waals surface area contributed by atoms with Crippen LogP contribution in [0.4, 0.5) is 0 Å². The monoisotopic (exact) mass is 361 g/mol. The first-order valence-electron chi connectivity index (χ1n) is 7.36. The Morgan fingerprint density at radius 1 is 1.45 bits per heavy atom. The lowest BCUT2D eigenvalue weighted by atomic mass is 9.89. The van der Waals surface area contributed by atoms with Crippen molar-refractivity contribution in [3.8, 4) is 0 Å². The van der Waals surface area contributed by atoms with Crippen LogP contribution in [0.5, 0.6) is 0 Å². The standard InChI is InChI=1S/C15H24BrNO2S/c1-11-2-4-14(5-3-11)19-9-13(18)7-17-8-15-6-12(16)10-20-15/h6,10-11,13-14,17-18H,2-5,7-9H2,1H3. The van der Waals surface area contributed by atoms with Gasteiger partial charge in [-0.15, -0.1) is 11.3 Å². The van der Waals surface area contributed by atoms with Crippen molar-refractivity contribution in [1.82, 2.24) is 5.32 Å². The Hall–Kier alpha value is 0.0600. The predicted molar refractivity (Wildman–Crippen MR) is 87.1 cm³/mol. The summed E-state index contributed by atoms with van der Waals surface area (Å²) in [6.07, 6.45) is 4.74. The molecule has 0 spiro atoms. The lowest BCUT2D eigenvalue weighted by molar-refractivity contribution is -0.0278. The fourth-order valence-corrected chi connectivity index (χ4v) is 3.93. The van der Waals surface area contributed by atoms with E-state index in [0.29, 0.717) is 19.3 Å². The lowest BCUT2D eigenvalue weighted by Gasteiger charge is -2.27. The van der Waals surface area contributed by atoms with Gasteiger partial charge < -0.3 is 15.2 Å². The summed E-state index contributed by atoms with van der Waals surface area (Å²) in [5.74, 6) is 0.839. The number of halogens is 1. The Labute approximate surface area is 133 Å². The molecule has 1 heterocycles. The van der Waals surface area contributed by atoms with E-state index in [-0.39, 0.29) is 0 Å². The van der Waals surface area contributed by atoms with Gasteiger partial charge in [0.25, 0.3) is 0 Å². The molecule has 0 aliphatic heterocycles. The van der Waals surface area contributed by atoms with Gasteiger partial charge >= 0.3 is 0 Å². The molecule has 0 radical (unpaired) electrons. The van der Waals surface area contributed by atoms with Gasteiger partial charge in [0, 0.05) is 27.8 Å². The van der Waals surface area contributed by atoms with Crippen molar-refractivity contribution in [2.45, 2.75) is 51.4 Å². The van der Waals surface area contributed by atoms with Crippen molar-refractivity contribution in [2.75, 3.05) is 13.2 Å². The van der Waals surface area contributed by atoms with Gasteiger partial charge in [0.05, 0.1) is 18.8 Å². The Balaban J connectivity index is 1.55. The smallest absolute Gasteiger partial charge is 0.0897 e. The van der Waals surface area contributed by atoms with Gasteiger partial charge in [0.15, 0.2) is 0 Å². The van der Waals surface area contributed by atoms with E-state index < -0.39 is 6.10 Å². The molecule has 1 saturated carbocycles. The van der Waals surface area contributed by atoms with E-state index in [1.807, 2.05) is 0 Å². The number of ether oxygens (including phenoxy) is 1. The third kappa shape index (κ3) is 5.82. The molecule has 0 aromatic carbocycles. The van der Waals surface area contributed by atoms with Crippen LogP contribution in [0, 0.1) is 5.92 Å². The van der Waals surface area contributed by atoms with Gasteiger partial charge in [-0.1, -0.05) is 6.92 Å². The van der Waals surface area contributed by atoms with Gasteiger partial charge in [-0.25, -0.2) is 0 Å². The highest BCUT2D eigenvalue weighted by Gasteiger charge is 2.19. The Morgan fingerprint density at radius 3 is 2.85 bits per heavy atom. The maximum Gasteiger partial charge on any atom is 0.0897 e. The molecule has 1 fully saturated rings. The number of rotatable bonds is 7. The summed E-state index contributed by atoms with van der Waals surface area (Å²) in [6.45, 7) is 4.13. The molecule has 0 saturated heterocycles. The highest BCUT2D eigenvalue weighted by molar-refractivity contribution is 9.10. The summed E-state index contributed by atoms with van der Waals surface area (Å²) in [7, 11) is 0. The molecule has 1 aliphatic carbocycles. The average molecular weight is 362 g/mol. The first-order chi connectivity index (χ1) is 9.63. The van der Waals surface area contributed by atoms with Crippen molar-refractivity contribution in [2.24, 2.45) is 5.92 Å². The van der Waals surface area contributed by atoms with E-state index >= 15 is 0 Å². The third-order valence-electron chi connectivity index (χ3n) is 3.79. The number of hydrogen-bond donors (Lipinski definition) is 2. The molecule has 1 unspecified atom stereocenters. The summed E-state index contributed by atoms with van der Waals surface area (Å²) in [6, 6.07) is 2.10. The molecule has 1 aromatic heterocycles. The molecule has 20 heavy (non-hydrogen) atoms. The van der Waals surface area contributed by atoms with Gasteiger partial charge in [-0.05, 0) is 53.6 Å². The molecule has 0 amide bonds. The molecule has 2 N–H and O–H groups in total. The zero-order valence-electron chi connectivity index (χ0n) is 12.0. The van der Waals surface area contributed by atoms with Crippen LogP contribution >= 0.6 is 27.3 Å². The highest BCUT2D eigenvalue weighted by Crippen LogP contribution is 2.25. The molecule has 1 atom stereocenters. The molecular weight excluding hydrogens is 338 g/mol. The minimum atomic E-state index is -0.419. The second kappa shape index (κ2) is 8.49. The summed E-state index contributed by atoms with van der Waals surface area (Å²) in [5, 5.41) is 15.3. The fraction of sp³-hybridized carbons (Fsp3) is 0.733. The first kappa shape index (κ1) is 16.4. The molecule has 5 heteroatoms. The van der Waals surface area contributed by atoms with Crippen molar-refractivity contribution in [1.29, 1.82) is 0 Å². The van der Waals surface area contributed by atoms with Crippen LogP contribution < -0.4 is 5.32 Å². The zero-order chi connectivity index (χ0) is 14.4. The molecule has 1 aliphatic rings. The number of aliphatic hydroxyl groups is 1. The average Bonchev–Trinajstić information content (AvgIpc) is 2.84. The van der Waals surface area contributed by atoms with E-state index in [4.69, 9.17) is 4.74 Å². The van der Waals surface area contributed by atoms with Crippen LogP contribution in [-0.4, -0.2) is 30.5 Å². The number of aliphatic hydroxyl groups excluding tert-OH is 1. The molecule has 3 nitrogen and oxygen atoms in total. The molecule has 114 valence electrons. The normalized spacial score (nSPS) is 24.8. The topological polar surface area (TPSA) is 41.5 Å². The summed E-state index contributed by atoms with van der Waals surface area (Å²) in [4.78, 5) is 1.27. The maximum atomic E-state index is 9.92. The second-order valence-corrected chi connectivity index (χ2v) is 7.64. The summed E-state index contributed by atoms with van der Waals surface area (Å²) in [5.41, 5.74) is 0. The highest BCUT2D eigenvalue weighted by atomic mass is 79.9. The minimum Gasteiger partial charge on any atom is -0.389 e. The molecular formula is C15H24BrNO2S. The summed E-state index contributed by atoms with van der Waals surface area (Å²) >= 11 is 5.15. The van der Waals surface area contributed by atoms with Crippen LogP contribution in [0.1, 0.15) is 37.5 Å². The van der Waals surface area contributed by atoms with E-state index in [1.165, 1.54) is 17.7 Å². The first-order valence-corrected chi connectivity index (χ1v) is 9.04. The lowest BCUT2D eigenvalue weighted by Crippen LogP contribution is -2.32. The second-order valence-electron chi connectivity index (χ2n) is 5.73. The number of thiophene rings is 1. The third-order valence-corrected chi connectivity index (χ3v) is 5.49. The Morgan fingerprint density at radius 2 is 2.20 bits per heavy atom.